The van der Waals surface area contributed by atoms with E-state index in [1.807, 2.05) is 0 Å². The van der Waals surface area contributed by atoms with Gasteiger partial charge < -0.3 is 14.9 Å². The zero-order chi connectivity index (χ0) is 18.7. The van der Waals surface area contributed by atoms with Gasteiger partial charge in [-0.2, -0.15) is 0 Å². The summed E-state index contributed by atoms with van der Waals surface area (Å²) in [6.07, 6.45) is 3.08. The molecule has 5 heteroatoms. The van der Waals surface area contributed by atoms with Gasteiger partial charge in [-0.25, -0.2) is 0 Å². The number of aliphatic hydroxyl groups is 2. The zero-order valence-corrected chi connectivity index (χ0v) is 16.1. The number of aliphatic hydroxyl groups excluding tert-OH is 2. The van der Waals surface area contributed by atoms with Crippen LogP contribution in [0.15, 0.2) is 12.2 Å². The molecule has 6 saturated carbocycles. The first kappa shape index (κ1) is 15.9. The minimum absolute atomic E-state index is 0.0401. The molecule has 2 N–H and O–H groups in total. The van der Waals surface area contributed by atoms with Crippen LogP contribution in [0.25, 0.3) is 0 Å². The summed E-state index contributed by atoms with van der Waals surface area (Å²) in [6, 6.07) is 0.614. The number of ether oxygens (including phenoxy) is 1. The number of carbonyl (C=O) groups excluding carboxylic acids is 1. The van der Waals surface area contributed by atoms with Gasteiger partial charge in [0.15, 0.2) is 0 Å². The van der Waals surface area contributed by atoms with Crippen molar-refractivity contribution < 1.29 is 19.7 Å². The summed E-state index contributed by atoms with van der Waals surface area (Å²) in [7, 11) is 0. The molecule has 2 spiro atoms. The van der Waals surface area contributed by atoms with Gasteiger partial charge in [0.2, 0.25) is 0 Å². The molecule has 3 aliphatic heterocycles. The van der Waals surface area contributed by atoms with Crippen molar-refractivity contribution >= 4 is 5.97 Å². The minimum atomic E-state index is -0.660. The molecule has 0 amide bonds. The van der Waals surface area contributed by atoms with Gasteiger partial charge in [-0.15, -0.1) is 0 Å². The van der Waals surface area contributed by atoms with Gasteiger partial charge in [-0.1, -0.05) is 19.9 Å². The number of nitrogens with zero attached hydrogens (tertiary/aromatic N) is 1. The first-order valence-electron chi connectivity index (χ1n) is 10.8. The Bertz CT molecular complexity index is 812. The average Bonchev–Trinajstić information content (AvgIpc) is 3.08. The van der Waals surface area contributed by atoms with Crippen LogP contribution in [0.3, 0.4) is 0 Å². The van der Waals surface area contributed by atoms with Gasteiger partial charge in [-0.3, -0.25) is 9.69 Å². The molecule has 9 aliphatic rings. The third-order valence-corrected chi connectivity index (χ3v) is 10.7. The van der Waals surface area contributed by atoms with Gasteiger partial charge >= 0.3 is 5.97 Å². The summed E-state index contributed by atoms with van der Waals surface area (Å²) in [5.74, 6) is 0.647. The molecular formula is C22H29NO4. The molecule has 9 fully saturated rings. The van der Waals surface area contributed by atoms with Crippen molar-refractivity contribution in [3.05, 3.63) is 12.2 Å². The molecule has 9 rings (SSSR count). The largest absolute Gasteiger partial charge is 0.462 e. The molecule has 6 aliphatic carbocycles. The third kappa shape index (κ3) is 1.23. The predicted octanol–water partition coefficient (Wildman–Crippen LogP) is 1.33. The standard InChI is InChI=1S/C22H29NO4/c1-9-11-7-12-17-21-6-4-5-20(3)8-23(17)13(15(20)21)19(26)22(12,18(9)25)16(21)14(11)27-10(2)24/h11-19,25-26H,1,4-8H2,2-3H3. The fourth-order valence-corrected chi connectivity index (χ4v) is 10.8. The smallest absolute Gasteiger partial charge is 0.302 e. The van der Waals surface area contributed by atoms with Crippen LogP contribution in [0.2, 0.25) is 0 Å². The Hall–Kier alpha value is -0.910. The Morgan fingerprint density at radius 2 is 2.07 bits per heavy atom. The van der Waals surface area contributed by atoms with Gasteiger partial charge in [0.25, 0.3) is 0 Å². The highest BCUT2D eigenvalue weighted by Crippen LogP contribution is 2.87. The lowest BCUT2D eigenvalue weighted by Gasteiger charge is -2.67. The maximum Gasteiger partial charge on any atom is 0.302 e. The van der Waals surface area contributed by atoms with E-state index >= 15 is 0 Å². The van der Waals surface area contributed by atoms with Crippen molar-refractivity contribution in [3.63, 3.8) is 0 Å². The van der Waals surface area contributed by atoms with Crippen LogP contribution in [0.4, 0.5) is 0 Å². The molecule has 0 aromatic heterocycles. The van der Waals surface area contributed by atoms with E-state index in [1.165, 1.54) is 19.8 Å². The molecule has 13 unspecified atom stereocenters. The van der Waals surface area contributed by atoms with Crippen LogP contribution in [0.5, 0.6) is 0 Å². The molecular weight excluding hydrogens is 342 g/mol. The van der Waals surface area contributed by atoms with Crippen molar-refractivity contribution in [2.24, 2.45) is 39.9 Å². The summed E-state index contributed by atoms with van der Waals surface area (Å²) in [6.45, 7) is 9.23. The van der Waals surface area contributed by atoms with E-state index in [2.05, 4.69) is 18.4 Å². The second kappa shape index (κ2) is 4.17. The lowest BCUT2D eigenvalue weighted by Crippen LogP contribution is -2.75. The number of esters is 1. The Morgan fingerprint density at radius 3 is 2.81 bits per heavy atom. The molecule has 13 atom stereocenters. The lowest BCUT2D eigenvalue weighted by atomic mass is 9.38. The quantitative estimate of drug-likeness (QED) is 0.538. The Labute approximate surface area is 159 Å². The van der Waals surface area contributed by atoms with E-state index in [1.54, 1.807) is 0 Å². The second-order valence-corrected chi connectivity index (χ2v) is 11.1. The SMILES string of the molecule is C=C1C2CC3C4N5CC6(C)CCCC47C6C5C(O)C3(C1O)C7C2OC(C)=O. The van der Waals surface area contributed by atoms with Crippen LogP contribution >= 0.6 is 0 Å². The summed E-state index contributed by atoms with van der Waals surface area (Å²) in [5, 5.41) is 23.2. The normalized spacial score (nSPS) is 68.7. The number of piperidine rings is 2. The number of hydrogen-bond acceptors (Lipinski definition) is 5. The van der Waals surface area contributed by atoms with Crippen molar-refractivity contribution in [1.29, 1.82) is 0 Å². The summed E-state index contributed by atoms with van der Waals surface area (Å²) in [5.41, 5.74) is 0.585. The molecule has 0 aromatic carbocycles. The van der Waals surface area contributed by atoms with Crippen LogP contribution < -0.4 is 0 Å². The van der Waals surface area contributed by atoms with E-state index < -0.39 is 17.6 Å². The van der Waals surface area contributed by atoms with Crippen LogP contribution in [-0.4, -0.2) is 58.0 Å². The number of hydrogen-bond donors (Lipinski definition) is 2. The van der Waals surface area contributed by atoms with Crippen molar-refractivity contribution in [1.82, 2.24) is 4.90 Å². The topological polar surface area (TPSA) is 70.0 Å². The predicted molar refractivity (Wildman–Crippen MR) is 96.4 cm³/mol. The molecule has 3 heterocycles. The Kier molecular flexibility index (Phi) is 2.46. The molecule has 27 heavy (non-hydrogen) atoms. The Balaban J connectivity index is 1.52. The first-order valence-corrected chi connectivity index (χ1v) is 10.8. The highest BCUT2D eigenvalue weighted by Gasteiger charge is 2.92. The van der Waals surface area contributed by atoms with E-state index in [0.717, 1.165) is 25.0 Å². The monoisotopic (exact) mass is 371 g/mol. The van der Waals surface area contributed by atoms with E-state index in [9.17, 15) is 15.0 Å². The van der Waals surface area contributed by atoms with E-state index in [4.69, 9.17) is 4.74 Å². The average molecular weight is 371 g/mol. The van der Waals surface area contributed by atoms with Gasteiger partial charge in [0.05, 0.1) is 12.2 Å². The van der Waals surface area contributed by atoms with Crippen molar-refractivity contribution in [2.75, 3.05) is 6.54 Å². The molecule has 0 radical (unpaired) electrons. The van der Waals surface area contributed by atoms with E-state index in [-0.39, 0.29) is 40.8 Å². The number of carbonyl (C=O) groups is 1. The third-order valence-electron chi connectivity index (χ3n) is 10.7. The fraction of sp³-hybridized carbons (Fsp3) is 0.864. The summed E-state index contributed by atoms with van der Waals surface area (Å²) < 4.78 is 6.01. The maximum atomic E-state index is 12.0. The molecule has 146 valence electrons. The number of rotatable bonds is 1. The van der Waals surface area contributed by atoms with Gasteiger partial charge in [0, 0.05) is 42.8 Å². The van der Waals surface area contributed by atoms with Gasteiger partial charge in [-0.05, 0) is 47.5 Å². The second-order valence-electron chi connectivity index (χ2n) is 11.1. The molecule has 3 saturated heterocycles. The molecule has 0 aromatic rings. The van der Waals surface area contributed by atoms with Crippen LogP contribution in [0, 0.1) is 39.9 Å². The maximum absolute atomic E-state index is 12.0. The first-order chi connectivity index (χ1) is 12.8. The highest BCUT2D eigenvalue weighted by atomic mass is 16.5. The summed E-state index contributed by atoms with van der Waals surface area (Å²) >= 11 is 0. The lowest BCUT2D eigenvalue weighted by molar-refractivity contribution is -0.264. The highest BCUT2D eigenvalue weighted by molar-refractivity contribution is 5.66. The fourth-order valence-electron chi connectivity index (χ4n) is 10.8. The Morgan fingerprint density at radius 1 is 1.30 bits per heavy atom. The van der Waals surface area contributed by atoms with E-state index in [0.29, 0.717) is 17.9 Å². The summed E-state index contributed by atoms with van der Waals surface area (Å²) in [4.78, 5) is 14.7. The van der Waals surface area contributed by atoms with Gasteiger partial charge in [0.1, 0.15) is 6.10 Å². The minimum Gasteiger partial charge on any atom is -0.462 e. The molecule has 9 bridgehead atoms. The zero-order valence-electron chi connectivity index (χ0n) is 16.1. The van der Waals surface area contributed by atoms with Crippen LogP contribution in [0.1, 0.15) is 39.5 Å². The van der Waals surface area contributed by atoms with Crippen molar-refractivity contribution in [2.45, 2.75) is 69.9 Å². The van der Waals surface area contributed by atoms with Crippen LogP contribution in [-0.2, 0) is 9.53 Å². The molecule has 5 nitrogen and oxygen atoms in total. The van der Waals surface area contributed by atoms with Crippen molar-refractivity contribution in [3.8, 4) is 0 Å². The number of fused-ring (bicyclic) bond motifs is 1.